The van der Waals surface area contributed by atoms with Crippen molar-refractivity contribution in [3.05, 3.63) is 23.8 Å². The molecule has 5 nitrogen and oxygen atoms in total. The van der Waals surface area contributed by atoms with E-state index in [2.05, 4.69) is 5.32 Å². The summed E-state index contributed by atoms with van der Waals surface area (Å²) in [5, 5.41) is 12.8. The number of hydrogen-bond donors (Lipinski definition) is 2. The molecule has 1 aromatic rings. The van der Waals surface area contributed by atoms with Crippen molar-refractivity contribution >= 4 is 15.5 Å². The lowest BCUT2D eigenvalue weighted by Gasteiger charge is -2.18. The second-order valence-corrected chi connectivity index (χ2v) is 6.75. The highest BCUT2D eigenvalue weighted by Gasteiger charge is 2.36. The quantitative estimate of drug-likeness (QED) is 0.841. The van der Waals surface area contributed by atoms with Crippen molar-refractivity contribution in [1.29, 1.82) is 0 Å². The first kappa shape index (κ1) is 13.2. The molecule has 1 aromatic carbocycles. The molecule has 2 N–H and O–H groups in total. The number of benzene rings is 1. The monoisotopic (exact) mass is 271 g/mol. The van der Waals surface area contributed by atoms with Crippen LogP contribution in [0.25, 0.3) is 0 Å². The summed E-state index contributed by atoms with van der Waals surface area (Å²) in [6, 6.07) is 5.11. The molecule has 1 heterocycles. The van der Waals surface area contributed by atoms with E-state index in [9.17, 15) is 13.5 Å². The summed E-state index contributed by atoms with van der Waals surface area (Å²) in [4.78, 5) is 0. The Labute approximate surface area is 107 Å². The Morgan fingerprint density at radius 1 is 1.39 bits per heavy atom. The van der Waals surface area contributed by atoms with E-state index in [1.165, 1.54) is 0 Å². The highest BCUT2D eigenvalue weighted by atomic mass is 32.2. The minimum atomic E-state index is -3.15. The number of hydrogen-bond acceptors (Lipinski definition) is 5. The maximum Gasteiger partial charge on any atom is 0.155 e. The molecule has 0 saturated carbocycles. The third-order valence-corrected chi connectivity index (χ3v) is 4.73. The molecule has 1 aliphatic heterocycles. The van der Waals surface area contributed by atoms with Gasteiger partial charge in [-0.3, -0.25) is 0 Å². The van der Waals surface area contributed by atoms with Crippen LogP contribution in [0.3, 0.4) is 0 Å². The van der Waals surface area contributed by atoms with Crippen LogP contribution in [0.2, 0.25) is 0 Å². The Balaban J connectivity index is 2.22. The molecule has 1 fully saturated rings. The third-order valence-electron chi connectivity index (χ3n) is 3.02. The van der Waals surface area contributed by atoms with Gasteiger partial charge in [-0.15, -0.1) is 0 Å². The van der Waals surface area contributed by atoms with Crippen molar-refractivity contribution in [1.82, 2.24) is 0 Å². The van der Waals surface area contributed by atoms with Gasteiger partial charge in [0.25, 0.3) is 0 Å². The van der Waals surface area contributed by atoms with Gasteiger partial charge in [0.15, 0.2) is 9.84 Å². The van der Waals surface area contributed by atoms with E-state index in [4.69, 9.17) is 4.74 Å². The van der Waals surface area contributed by atoms with Crippen molar-refractivity contribution < 1.29 is 18.3 Å². The number of anilines is 1. The van der Waals surface area contributed by atoms with Gasteiger partial charge < -0.3 is 15.2 Å². The zero-order chi connectivity index (χ0) is 13.3. The summed E-state index contributed by atoms with van der Waals surface area (Å²) in [6.07, 6.45) is -0.875. The number of aliphatic hydroxyl groups excluding tert-OH is 1. The van der Waals surface area contributed by atoms with Crippen molar-refractivity contribution in [3.63, 3.8) is 0 Å². The van der Waals surface area contributed by atoms with E-state index in [1.807, 2.05) is 25.1 Å². The van der Waals surface area contributed by atoms with Gasteiger partial charge >= 0.3 is 0 Å². The van der Waals surface area contributed by atoms with Crippen LogP contribution in [0.15, 0.2) is 18.2 Å². The summed E-state index contributed by atoms with van der Waals surface area (Å²) in [5.74, 6) is 0.404. The van der Waals surface area contributed by atoms with Gasteiger partial charge in [0.2, 0.25) is 0 Å². The molecule has 1 aliphatic rings. The molecule has 0 bridgehead atoms. The molecule has 0 aliphatic carbocycles. The minimum Gasteiger partial charge on any atom is -0.495 e. The molecular formula is C12H17NO4S. The molecular weight excluding hydrogens is 254 g/mol. The van der Waals surface area contributed by atoms with Gasteiger partial charge in [0, 0.05) is 0 Å². The number of aliphatic hydroxyl groups is 1. The molecule has 2 atom stereocenters. The van der Waals surface area contributed by atoms with Crippen LogP contribution < -0.4 is 10.1 Å². The number of nitrogens with one attached hydrogen (secondary N) is 1. The first-order valence-corrected chi connectivity index (χ1v) is 7.53. The van der Waals surface area contributed by atoms with Crippen molar-refractivity contribution in [2.24, 2.45) is 0 Å². The van der Waals surface area contributed by atoms with Gasteiger partial charge in [-0.2, -0.15) is 0 Å². The van der Waals surface area contributed by atoms with Crippen LogP contribution in [0.4, 0.5) is 5.69 Å². The first-order valence-electron chi connectivity index (χ1n) is 5.71. The summed E-state index contributed by atoms with van der Waals surface area (Å²) >= 11 is 0. The Morgan fingerprint density at radius 2 is 2.11 bits per heavy atom. The molecule has 0 amide bonds. The maximum absolute atomic E-state index is 11.4. The second kappa shape index (κ2) is 4.78. The maximum atomic E-state index is 11.4. The van der Waals surface area contributed by atoms with Crippen LogP contribution in [0.1, 0.15) is 5.56 Å². The average molecular weight is 271 g/mol. The van der Waals surface area contributed by atoms with E-state index in [0.29, 0.717) is 11.4 Å². The fraction of sp³-hybridized carbons (Fsp3) is 0.500. The third kappa shape index (κ3) is 2.76. The molecule has 18 heavy (non-hydrogen) atoms. The van der Waals surface area contributed by atoms with E-state index in [0.717, 1.165) is 5.56 Å². The largest absolute Gasteiger partial charge is 0.495 e. The number of sulfone groups is 1. The summed E-state index contributed by atoms with van der Waals surface area (Å²) < 4.78 is 28.1. The fourth-order valence-corrected chi connectivity index (χ4v) is 3.84. The number of rotatable bonds is 3. The SMILES string of the molecule is COc1ccc(C)cc1NC1CS(=O)(=O)CC1O. The molecule has 100 valence electrons. The second-order valence-electron chi connectivity index (χ2n) is 4.60. The predicted octanol–water partition coefficient (Wildman–Crippen LogP) is 0.573. The fourth-order valence-electron chi connectivity index (χ4n) is 2.10. The van der Waals surface area contributed by atoms with Crippen molar-refractivity contribution in [2.75, 3.05) is 23.9 Å². The van der Waals surface area contributed by atoms with Crippen LogP contribution in [-0.2, 0) is 9.84 Å². The van der Waals surface area contributed by atoms with E-state index in [-0.39, 0.29) is 11.5 Å². The molecule has 6 heteroatoms. The lowest BCUT2D eigenvalue weighted by molar-refractivity contribution is 0.190. The van der Waals surface area contributed by atoms with Crippen molar-refractivity contribution in [3.8, 4) is 5.75 Å². The van der Waals surface area contributed by atoms with Crippen molar-refractivity contribution in [2.45, 2.75) is 19.1 Å². The van der Waals surface area contributed by atoms with E-state index in [1.54, 1.807) is 7.11 Å². The lowest BCUT2D eigenvalue weighted by Crippen LogP contribution is -2.32. The molecule has 1 saturated heterocycles. The number of aryl methyl sites for hydroxylation is 1. The van der Waals surface area contributed by atoms with Gasteiger partial charge in [0.05, 0.1) is 36.4 Å². The topological polar surface area (TPSA) is 75.6 Å². The Hall–Kier alpha value is -1.27. The van der Waals surface area contributed by atoms with Gasteiger partial charge in [-0.25, -0.2) is 8.42 Å². The molecule has 2 unspecified atom stereocenters. The van der Waals surface area contributed by atoms with Gasteiger partial charge in [-0.1, -0.05) is 6.07 Å². The summed E-state index contributed by atoms with van der Waals surface area (Å²) in [7, 11) is -1.59. The first-order chi connectivity index (χ1) is 8.41. The van der Waals surface area contributed by atoms with E-state index < -0.39 is 22.0 Å². The molecule has 0 aromatic heterocycles. The zero-order valence-corrected chi connectivity index (χ0v) is 11.2. The highest BCUT2D eigenvalue weighted by Crippen LogP contribution is 2.28. The molecule has 0 spiro atoms. The predicted molar refractivity (Wildman–Crippen MR) is 69.8 cm³/mol. The number of ether oxygens (including phenoxy) is 1. The van der Waals surface area contributed by atoms with Crippen LogP contribution in [-0.4, -0.2) is 44.3 Å². The zero-order valence-electron chi connectivity index (χ0n) is 10.4. The Bertz CT molecular complexity index is 541. The molecule has 0 radical (unpaired) electrons. The average Bonchev–Trinajstić information content (AvgIpc) is 2.52. The van der Waals surface area contributed by atoms with Crippen LogP contribution in [0, 0.1) is 6.92 Å². The Morgan fingerprint density at radius 3 is 2.67 bits per heavy atom. The van der Waals surface area contributed by atoms with Gasteiger partial charge in [0.1, 0.15) is 5.75 Å². The van der Waals surface area contributed by atoms with Crippen LogP contribution in [0.5, 0.6) is 5.75 Å². The summed E-state index contributed by atoms with van der Waals surface area (Å²) in [6.45, 7) is 1.94. The van der Waals surface area contributed by atoms with E-state index >= 15 is 0 Å². The lowest BCUT2D eigenvalue weighted by atomic mass is 10.1. The smallest absolute Gasteiger partial charge is 0.155 e. The van der Waals surface area contributed by atoms with Crippen LogP contribution >= 0.6 is 0 Å². The minimum absolute atomic E-state index is 0.0503. The van der Waals surface area contributed by atoms with Gasteiger partial charge in [-0.05, 0) is 24.6 Å². The Kier molecular flexibility index (Phi) is 3.49. The highest BCUT2D eigenvalue weighted by molar-refractivity contribution is 7.91. The number of methoxy groups -OCH3 is 1. The standard InChI is InChI=1S/C12H17NO4S/c1-8-3-4-12(17-2)9(5-8)13-10-6-18(15,16)7-11(10)14/h3-5,10-11,13-14H,6-7H2,1-2H3. The summed E-state index contributed by atoms with van der Waals surface area (Å²) in [5.41, 5.74) is 1.74. The normalized spacial score (nSPS) is 25.9. The molecule has 2 rings (SSSR count).